The lowest BCUT2D eigenvalue weighted by Gasteiger charge is -2.60. The number of aliphatic hydroxyl groups is 1. The van der Waals surface area contributed by atoms with E-state index in [4.69, 9.17) is 0 Å². The first-order valence-corrected chi connectivity index (χ1v) is 12.4. The van der Waals surface area contributed by atoms with Gasteiger partial charge in [0.05, 0.1) is 6.10 Å². The van der Waals surface area contributed by atoms with Gasteiger partial charge < -0.3 is 5.11 Å². The van der Waals surface area contributed by atoms with Crippen LogP contribution in [0.3, 0.4) is 0 Å². The van der Waals surface area contributed by atoms with Crippen LogP contribution in [0.25, 0.3) is 6.08 Å². The number of rotatable bonds is 3. The summed E-state index contributed by atoms with van der Waals surface area (Å²) >= 11 is 0. The van der Waals surface area contributed by atoms with Gasteiger partial charge >= 0.3 is 0 Å². The monoisotopic (exact) mass is 406 g/mol. The largest absolute Gasteiger partial charge is 0.393 e. The van der Waals surface area contributed by atoms with Gasteiger partial charge in [-0.2, -0.15) is 0 Å². The van der Waals surface area contributed by atoms with Gasteiger partial charge in [-0.25, -0.2) is 0 Å². The number of fused-ring (bicyclic) bond motifs is 5. The fourth-order valence-corrected chi connectivity index (χ4v) is 8.56. The average Bonchev–Trinajstić information content (AvgIpc) is 3.10. The van der Waals surface area contributed by atoms with Gasteiger partial charge in [-0.15, -0.1) is 0 Å². The average molecular weight is 407 g/mol. The molecule has 4 aliphatic rings. The van der Waals surface area contributed by atoms with Crippen LogP contribution in [0, 0.1) is 40.4 Å². The van der Waals surface area contributed by atoms with Gasteiger partial charge in [0.15, 0.2) is 5.78 Å². The molecular formula is C28H38O2. The molecule has 0 saturated heterocycles. The van der Waals surface area contributed by atoms with Crippen LogP contribution in [0.2, 0.25) is 0 Å². The van der Waals surface area contributed by atoms with Crippen molar-refractivity contribution in [2.75, 3.05) is 0 Å². The highest BCUT2D eigenvalue weighted by molar-refractivity contribution is 5.96. The second-order valence-corrected chi connectivity index (χ2v) is 11.4. The van der Waals surface area contributed by atoms with Crippen molar-refractivity contribution in [1.29, 1.82) is 0 Å². The molecule has 0 aliphatic heterocycles. The van der Waals surface area contributed by atoms with E-state index in [1.807, 2.05) is 30.4 Å². The van der Waals surface area contributed by atoms with Crippen LogP contribution in [0.4, 0.5) is 0 Å². The van der Waals surface area contributed by atoms with Crippen LogP contribution < -0.4 is 0 Å². The zero-order chi connectivity index (χ0) is 20.9. The van der Waals surface area contributed by atoms with Crippen LogP contribution in [-0.2, 0) is 4.79 Å². The van der Waals surface area contributed by atoms with Gasteiger partial charge in [-0.1, -0.05) is 50.3 Å². The van der Waals surface area contributed by atoms with E-state index in [2.05, 4.69) is 26.0 Å². The van der Waals surface area contributed by atoms with Gasteiger partial charge in [0.1, 0.15) is 0 Å². The van der Waals surface area contributed by atoms with Crippen LogP contribution in [-0.4, -0.2) is 17.0 Å². The molecule has 1 aromatic rings. The SMILES string of the molecule is C[C@]12CC[C@@H](O)C[C@@H]1CC[C@H]1[C@H]2CC[C@@]2(C)[C@@H]1CC[C@H]2C(=O)/C=C/c1ccccc1. The minimum atomic E-state index is -0.0710. The Morgan fingerprint density at radius 2 is 1.67 bits per heavy atom. The predicted octanol–water partition coefficient (Wildman–Crippen LogP) is 6.29. The molecule has 0 bridgehead atoms. The molecule has 5 rings (SSSR count). The van der Waals surface area contributed by atoms with E-state index < -0.39 is 0 Å². The second-order valence-electron chi connectivity index (χ2n) is 11.4. The molecule has 0 heterocycles. The molecule has 0 radical (unpaired) electrons. The lowest BCUT2D eigenvalue weighted by molar-refractivity contribution is -0.136. The predicted molar refractivity (Wildman–Crippen MR) is 122 cm³/mol. The summed E-state index contributed by atoms with van der Waals surface area (Å²) < 4.78 is 0. The molecule has 30 heavy (non-hydrogen) atoms. The third-order valence-electron chi connectivity index (χ3n) is 10.2. The Labute approximate surface area is 182 Å². The molecule has 1 N–H and O–H groups in total. The smallest absolute Gasteiger partial charge is 0.159 e. The van der Waals surface area contributed by atoms with Crippen LogP contribution in [0.15, 0.2) is 36.4 Å². The minimum Gasteiger partial charge on any atom is -0.393 e. The summed E-state index contributed by atoms with van der Waals surface area (Å²) in [6, 6.07) is 10.2. The van der Waals surface area contributed by atoms with Crippen molar-refractivity contribution >= 4 is 11.9 Å². The van der Waals surface area contributed by atoms with Crippen molar-refractivity contribution in [3.05, 3.63) is 42.0 Å². The zero-order valence-electron chi connectivity index (χ0n) is 18.7. The first-order valence-electron chi connectivity index (χ1n) is 12.4. The topological polar surface area (TPSA) is 37.3 Å². The summed E-state index contributed by atoms with van der Waals surface area (Å²) in [5, 5.41) is 10.2. The van der Waals surface area contributed by atoms with E-state index in [-0.39, 0.29) is 17.4 Å². The Hall–Kier alpha value is -1.41. The maximum atomic E-state index is 13.3. The Kier molecular flexibility index (Phi) is 5.21. The quantitative estimate of drug-likeness (QED) is 0.599. The zero-order valence-corrected chi connectivity index (χ0v) is 18.7. The number of carbonyl (C=O) groups is 1. The number of carbonyl (C=O) groups excluding carboxylic acids is 1. The van der Waals surface area contributed by atoms with Crippen molar-refractivity contribution in [3.63, 3.8) is 0 Å². The third kappa shape index (κ3) is 3.22. The van der Waals surface area contributed by atoms with Crippen molar-refractivity contribution < 1.29 is 9.90 Å². The fraction of sp³-hybridized carbons (Fsp3) is 0.679. The highest BCUT2D eigenvalue weighted by atomic mass is 16.3. The van der Waals surface area contributed by atoms with Crippen LogP contribution in [0.1, 0.15) is 77.2 Å². The molecule has 1 aromatic carbocycles. The Morgan fingerprint density at radius 1 is 0.933 bits per heavy atom. The van der Waals surface area contributed by atoms with Crippen molar-refractivity contribution in [2.24, 2.45) is 40.4 Å². The molecule has 0 unspecified atom stereocenters. The van der Waals surface area contributed by atoms with E-state index >= 15 is 0 Å². The van der Waals surface area contributed by atoms with Crippen LogP contribution in [0.5, 0.6) is 0 Å². The van der Waals surface area contributed by atoms with Gasteiger partial charge in [0, 0.05) is 5.92 Å². The second kappa shape index (κ2) is 7.62. The molecule has 8 atom stereocenters. The van der Waals surface area contributed by atoms with Crippen molar-refractivity contribution in [1.82, 2.24) is 0 Å². The number of benzene rings is 1. The van der Waals surface area contributed by atoms with E-state index in [1.165, 1.54) is 38.5 Å². The molecular weight excluding hydrogens is 368 g/mol. The van der Waals surface area contributed by atoms with E-state index in [1.54, 1.807) is 0 Å². The molecule has 0 spiro atoms. The molecule has 4 saturated carbocycles. The summed E-state index contributed by atoms with van der Waals surface area (Å²) in [4.78, 5) is 13.3. The van der Waals surface area contributed by atoms with Gasteiger partial charge in [-0.3, -0.25) is 4.79 Å². The lowest BCUT2D eigenvalue weighted by Crippen LogP contribution is -2.54. The summed E-state index contributed by atoms with van der Waals surface area (Å²) in [6.45, 7) is 4.99. The maximum Gasteiger partial charge on any atom is 0.159 e. The highest BCUT2D eigenvalue weighted by Crippen LogP contribution is 2.67. The van der Waals surface area contributed by atoms with Gasteiger partial charge in [0.25, 0.3) is 0 Å². The minimum absolute atomic E-state index is 0.0710. The first kappa shape index (κ1) is 20.5. The van der Waals surface area contributed by atoms with Crippen molar-refractivity contribution in [3.8, 4) is 0 Å². The summed E-state index contributed by atoms with van der Waals surface area (Å²) in [7, 11) is 0. The summed E-state index contributed by atoms with van der Waals surface area (Å²) in [5.41, 5.74) is 1.70. The maximum absolute atomic E-state index is 13.3. The number of aliphatic hydroxyl groups excluding tert-OH is 1. The number of hydrogen-bond donors (Lipinski definition) is 1. The highest BCUT2D eigenvalue weighted by Gasteiger charge is 2.60. The normalized spacial score (nSPS) is 45.6. The van der Waals surface area contributed by atoms with E-state index in [0.29, 0.717) is 23.0 Å². The summed E-state index contributed by atoms with van der Waals surface area (Å²) in [6.07, 6.45) is 14.4. The number of hydrogen-bond acceptors (Lipinski definition) is 2. The Bertz CT molecular complexity index is 813. The fourth-order valence-electron chi connectivity index (χ4n) is 8.56. The molecule has 0 aromatic heterocycles. The standard InChI is InChI=1S/C28H38O2/c1-27-16-14-21(29)18-20(27)9-10-22-23-11-12-25(28(23,2)17-15-24(22)27)26(30)13-8-19-6-4-3-5-7-19/h3-8,13,20-25,29H,9-12,14-18H2,1-2H3/b13-8+/t20-,21+,22+,23+,24+,25-,27-,28-/m0/s1. The van der Waals surface area contributed by atoms with Gasteiger partial charge in [0.2, 0.25) is 0 Å². The molecule has 162 valence electrons. The third-order valence-corrected chi connectivity index (χ3v) is 10.2. The molecule has 2 nitrogen and oxygen atoms in total. The summed E-state index contributed by atoms with van der Waals surface area (Å²) in [5.74, 6) is 3.55. The molecule has 2 heteroatoms. The molecule has 4 aliphatic carbocycles. The van der Waals surface area contributed by atoms with E-state index in [0.717, 1.165) is 36.7 Å². The Balaban J connectivity index is 1.34. The number of ketones is 1. The number of allylic oxidation sites excluding steroid dienone is 1. The van der Waals surface area contributed by atoms with Gasteiger partial charge in [-0.05, 0) is 104 Å². The lowest BCUT2D eigenvalue weighted by atomic mass is 9.44. The Morgan fingerprint density at radius 3 is 2.47 bits per heavy atom. The van der Waals surface area contributed by atoms with E-state index in [9.17, 15) is 9.90 Å². The first-order chi connectivity index (χ1) is 14.4. The van der Waals surface area contributed by atoms with Crippen LogP contribution >= 0.6 is 0 Å². The van der Waals surface area contributed by atoms with Crippen molar-refractivity contribution in [2.45, 2.75) is 77.7 Å². The molecule has 4 fully saturated rings. The molecule has 0 amide bonds.